The molecule has 3 rings (SSSR count). The largest absolute Gasteiger partial charge is 0.477 e. The van der Waals surface area contributed by atoms with Gasteiger partial charge in [0.25, 0.3) is 5.91 Å². The van der Waals surface area contributed by atoms with Crippen molar-refractivity contribution < 1.29 is 19.2 Å². The Morgan fingerprint density at radius 1 is 1.30 bits per heavy atom. The maximum absolute atomic E-state index is 12.5. The van der Waals surface area contributed by atoms with Gasteiger partial charge in [-0.05, 0) is 24.5 Å². The molecule has 0 fully saturated rings. The first kappa shape index (κ1) is 12.4. The highest BCUT2D eigenvalue weighted by molar-refractivity contribution is 6.10. The fourth-order valence-electron chi connectivity index (χ4n) is 2.41. The monoisotopic (exact) mass is 272 g/mol. The van der Waals surface area contributed by atoms with Crippen molar-refractivity contribution in [2.45, 2.75) is 12.8 Å². The van der Waals surface area contributed by atoms with Crippen molar-refractivity contribution in [1.29, 1.82) is 0 Å². The van der Waals surface area contributed by atoms with Crippen LogP contribution in [0.25, 0.3) is 0 Å². The molecule has 1 aliphatic rings. The average molecular weight is 272 g/mol. The first-order valence-corrected chi connectivity index (χ1v) is 6.26. The number of hydrogen-bond donors (Lipinski definition) is 1. The summed E-state index contributed by atoms with van der Waals surface area (Å²) in [5.74, 6) is -1.92. The number of carboxylic acid groups (broad SMARTS) is 1. The van der Waals surface area contributed by atoms with Crippen LogP contribution in [0.3, 0.4) is 0 Å². The zero-order chi connectivity index (χ0) is 14.1. The zero-order valence-electron chi connectivity index (χ0n) is 10.6. The van der Waals surface area contributed by atoms with Gasteiger partial charge in [0.15, 0.2) is 0 Å². The maximum atomic E-state index is 12.5. The van der Waals surface area contributed by atoms with Crippen molar-refractivity contribution in [3.8, 4) is 0 Å². The van der Waals surface area contributed by atoms with Crippen LogP contribution in [0.15, 0.2) is 35.0 Å². The molecular formula is C14H12N2O4. The summed E-state index contributed by atoms with van der Waals surface area (Å²) in [4.78, 5) is 25.1. The fraction of sp³-hybridized carbons (Fsp3) is 0.214. The first-order chi connectivity index (χ1) is 9.68. The van der Waals surface area contributed by atoms with Crippen LogP contribution in [0.1, 0.15) is 32.9 Å². The predicted octanol–water partition coefficient (Wildman–Crippen LogP) is 1.97. The molecule has 0 spiro atoms. The molecule has 6 nitrogen and oxygen atoms in total. The Kier molecular flexibility index (Phi) is 2.98. The van der Waals surface area contributed by atoms with E-state index in [1.54, 1.807) is 4.90 Å². The molecule has 1 amide bonds. The van der Waals surface area contributed by atoms with E-state index in [9.17, 15) is 9.59 Å². The third-order valence-corrected chi connectivity index (χ3v) is 3.35. The highest BCUT2D eigenvalue weighted by Crippen LogP contribution is 2.28. The van der Waals surface area contributed by atoms with Crippen LogP contribution >= 0.6 is 0 Å². The van der Waals surface area contributed by atoms with Gasteiger partial charge < -0.3 is 14.5 Å². The van der Waals surface area contributed by atoms with E-state index in [1.165, 1.54) is 0 Å². The number of benzene rings is 1. The minimum absolute atomic E-state index is 0.210. The van der Waals surface area contributed by atoms with Crippen LogP contribution in [-0.2, 0) is 6.42 Å². The summed E-state index contributed by atoms with van der Waals surface area (Å²) in [5.41, 5.74) is 1.66. The van der Waals surface area contributed by atoms with Crippen LogP contribution in [-0.4, -0.2) is 28.7 Å². The second kappa shape index (κ2) is 4.80. The molecule has 1 N–H and O–H groups in total. The topological polar surface area (TPSA) is 83.6 Å². The van der Waals surface area contributed by atoms with Crippen molar-refractivity contribution in [2.75, 3.05) is 11.4 Å². The number of carbonyl (C=O) groups excluding carboxylic acids is 1. The first-order valence-electron chi connectivity index (χ1n) is 6.26. The molecule has 20 heavy (non-hydrogen) atoms. The molecule has 1 aromatic heterocycles. The summed E-state index contributed by atoms with van der Waals surface area (Å²) in [6.45, 7) is 0.537. The lowest BCUT2D eigenvalue weighted by Gasteiger charge is -2.28. The lowest BCUT2D eigenvalue weighted by molar-refractivity contribution is 0.0689. The van der Waals surface area contributed by atoms with E-state index >= 15 is 0 Å². The van der Waals surface area contributed by atoms with Gasteiger partial charge in [0.2, 0.25) is 5.76 Å². The Morgan fingerprint density at radius 3 is 2.90 bits per heavy atom. The standard InChI is InChI=1S/C14H12N2O4/c17-13(12-10(14(18)19)8-15-20-12)16-7-3-5-9-4-1-2-6-11(9)16/h1-2,4,6,8H,3,5,7H2,(H,18,19). The fourth-order valence-corrected chi connectivity index (χ4v) is 2.41. The van der Waals surface area contributed by atoms with E-state index in [0.717, 1.165) is 30.3 Å². The van der Waals surface area contributed by atoms with Gasteiger partial charge in [0, 0.05) is 12.2 Å². The number of nitrogens with zero attached hydrogens (tertiary/aromatic N) is 2. The van der Waals surface area contributed by atoms with Gasteiger partial charge in [-0.25, -0.2) is 4.79 Å². The minimum atomic E-state index is -1.22. The van der Waals surface area contributed by atoms with Gasteiger partial charge in [0.1, 0.15) is 5.56 Å². The molecule has 0 bridgehead atoms. The van der Waals surface area contributed by atoms with Gasteiger partial charge in [-0.15, -0.1) is 0 Å². The number of carboxylic acids is 1. The van der Waals surface area contributed by atoms with Gasteiger partial charge in [0.05, 0.1) is 6.20 Å². The molecule has 0 radical (unpaired) electrons. The summed E-state index contributed by atoms with van der Waals surface area (Å²) in [6, 6.07) is 7.59. The number of amides is 1. The number of hydrogen-bond acceptors (Lipinski definition) is 4. The highest BCUT2D eigenvalue weighted by Gasteiger charge is 2.30. The maximum Gasteiger partial charge on any atom is 0.341 e. The highest BCUT2D eigenvalue weighted by atomic mass is 16.5. The molecule has 0 saturated carbocycles. The molecule has 6 heteroatoms. The number of para-hydroxylation sites is 1. The second-order valence-electron chi connectivity index (χ2n) is 4.56. The molecule has 2 aromatic rings. The Hall–Kier alpha value is -2.63. The number of aromatic nitrogens is 1. The SMILES string of the molecule is O=C(O)c1cnoc1C(=O)N1CCCc2ccccc21. The van der Waals surface area contributed by atoms with E-state index in [2.05, 4.69) is 5.16 Å². The van der Waals surface area contributed by atoms with Crippen molar-refractivity contribution in [1.82, 2.24) is 5.16 Å². The molecule has 0 aliphatic carbocycles. The molecule has 0 atom stereocenters. The third kappa shape index (κ3) is 1.95. The second-order valence-corrected chi connectivity index (χ2v) is 4.56. The van der Waals surface area contributed by atoms with E-state index in [1.807, 2.05) is 24.3 Å². The van der Waals surface area contributed by atoms with Gasteiger partial charge in [-0.2, -0.15) is 0 Å². The summed E-state index contributed by atoms with van der Waals surface area (Å²) in [5, 5.41) is 12.4. The Morgan fingerprint density at radius 2 is 2.10 bits per heavy atom. The van der Waals surface area contributed by atoms with E-state index in [0.29, 0.717) is 6.54 Å². The van der Waals surface area contributed by atoms with Crippen LogP contribution < -0.4 is 4.90 Å². The van der Waals surface area contributed by atoms with Crippen LogP contribution in [0, 0.1) is 0 Å². The van der Waals surface area contributed by atoms with E-state index < -0.39 is 11.9 Å². The summed E-state index contributed by atoms with van der Waals surface area (Å²) in [6.07, 6.45) is 2.78. The number of aryl methyl sites for hydroxylation is 1. The number of anilines is 1. The smallest absolute Gasteiger partial charge is 0.341 e. The Bertz CT molecular complexity index is 677. The normalized spacial score (nSPS) is 13.9. The molecule has 0 saturated heterocycles. The van der Waals surface area contributed by atoms with Crippen LogP contribution in [0.4, 0.5) is 5.69 Å². The quantitative estimate of drug-likeness (QED) is 0.903. The van der Waals surface area contributed by atoms with E-state index in [-0.39, 0.29) is 11.3 Å². The van der Waals surface area contributed by atoms with Crippen LogP contribution in [0.5, 0.6) is 0 Å². The summed E-state index contributed by atoms with van der Waals surface area (Å²) in [7, 11) is 0. The Balaban J connectivity index is 2.00. The van der Waals surface area contributed by atoms with Gasteiger partial charge in [-0.3, -0.25) is 4.79 Å². The molecule has 1 aliphatic heterocycles. The number of carbonyl (C=O) groups is 2. The molecule has 0 unspecified atom stereocenters. The molecule has 1 aromatic carbocycles. The van der Waals surface area contributed by atoms with Crippen molar-refractivity contribution >= 4 is 17.6 Å². The van der Waals surface area contributed by atoms with Crippen molar-refractivity contribution in [3.63, 3.8) is 0 Å². The van der Waals surface area contributed by atoms with Crippen molar-refractivity contribution in [3.05, 3.63) is 47.3 Å². The average Bonchev–Trinajstić information content (AvgIpc) is 2.95. The summed E-state index contributed by atoms with van der Waals surface area (Å²) < 4.78 is 4.83. The lowest BCUT2D eigenvalue weighted by Crippen LogP contribution is -2.35. The van der Waals surface area contributed by atoms with Crippen LogP contribution in [0.2, 0.25) is 0 Å². The third-order valence-electron chi connectivity index (χ3n) is 3.35. The minimum Gasteiger partial charge on any atom is -0.477 e. The van der Waals surface area contributed by atoms with Gasteiger partial charge in [-0.1, -0.05) is 23.4 Å². The molecular weight excluding hydrogens is 260 g/mol. The lowest BCUT2D eigenvalue weighted by atomic mass is 10.0. The van der Waals surface area contributed by atoms with E-state index in [4.69, 9.17) is 9.63 Å². The summed E-state index contributed by atoms with van der Waals surface area (Å²) >= 11 is 0. The molecule has 102 valence electrons. The van der Waals surface area contributed by atoms with Gasteiger partial charge >= 0.3 is 5.97 Å². The predicted molar refractivity (Wildman–Crippen MR) is 69.9 cm³/mol. The Labute approximate surface area is 114 Å². The number of rotatable bonds is 2. The number of fused-ring (bicyclic) bond motifs is 1. The molecule has 2 heterocycles. The van der Waals surface area contributed by atoms with Crippen molar-refractivity contribution in [2.24, 2.45) is 0 Å². The number of aromatic carboxylic acids is 1. The zero-order valence-corrected chi connectivity index (χ0v) is 10.6.